The molecule has 13 heavy (non-hydrogen) atoms. The van der Waals surface area contributed by atoms with Crippen LogP contribution < -0.4 is 17.4 Å². The quantitative estimate of drug-likeness (QED) is 0.528. The van der Waals surface area contributed by atoms with Crippen molar-refractivity contribution >= 4 is 0 Å². The van der Waals surface area contributed by atoms with E-state index in [9.17, 15) is 0 Å². The average molecular weight is 196 g/mol. The molecule has 1 nitrogen and oxygen atoms in total. The van der Waals surface area contributed by atoms with Gasteiger partial charge in [0.2, 0.25) is 0 Å². The van der Waals surface area contributed by atoms with Crippen molar-refractivity contribution in [2.45, 2.75) is 25.2 Å². The minimum absolute atomic E-state index is 0. The van der Waals surface area contributed by atoms with Crippen LogP contribution in [0.5, 0.6) is 0 Å². The summed E-state index contributed by atoms with van der Waals surface area (Å²) in [5.74, 6) is 0.661. The molecule has 1 aromatic heterocycles. The second kappa shape index (κ2) is 5.03. The largest absolute Gasteiger partial charge is 1.00 e. The second-order valence-electron chi connectivity index (χ2n) is 3.30. The van der Waals surface area contributed by atoms with Gasteiger partial charge >= 0.3 is 0 Å². The van der Waals surface area contributed by atoms with Crippen LogP contribution in [-0.2, 0) is 0 Å². The number of nitrogens with one attached hydrogen (secondary N) is 1. The Labute approximate surface area is 85.3 Å². The molecule has 0 saturated heterocycles. The zero-order valence-corrected chi connectivity index (χ0v) is 8.30. The van der Waals surface area contributed by atoms with E-state index in [1.807, 2.05) is 12.4 Å². The predicted octanol–water partition coefficient (Wildman–Crippen LogP) is -0.672. The van der Waals surface area contributed by atoms with Crippen LogP contribution in [0.1, 0.15) is 30.7 Å². The van der Waals surface area contributed by atoms with Gasteiger partial charge in [-0.3, -0.25) is 0 Å². The summed E-state index contributed by atoms with van der Waals surface area (Å²) in [6.07, 6.45) is 12.5. The Morgan fingerprint density at radius 2 is 2.00 bits per heavy atom. The van der Waals surface area contributed by atoms with E-state index >= 15 is 0 Å². The molecule has 1 aliphatic rings. The fourth-order valence-electron chi connectivity index (χ4n) is 1.74. The van der Waals surface area contributed by atoms with Gasteiger partial charge in [-0.25, -0.2) is 4.98 Å². The minimum atomic E-state index is 0. The maximum absolute atomic E-state index is 3.05. The Hall–Kier alpha value is -0.820. The molecule has 0 spiro atoms. The first-order valence-corrected chi connectivity index (χ1v) is 4.59. The molecule has 70 valence electrons. The van der Waals surface area contributed by atoms with Crippen LogP contribution in [-0.4, -0.2) is 0 Å². The van der Waals surface area contributed by atoms with Crippen LogP contribution in [0, 0.1) is 0 Å². The fourth-order valence-corrected chi connectivity index (χ4v) is 1.74. The molecule has 2 heteroatoms. The highest BCUT2D eigenvalue weighted by atomic mass is 35.5. The van der Waals surface area contributed by atoms with Crippen LogP contribution in [0.2, 0.25) is 0 Å². The highest BCUT2D eigenvalue weighted by Gasteiger charge is 2.10. The summed E-state index contributed by atoms with van der Waals surface area (Å²) in [6.45, 7) is 0. The average Bonchev–Trinajstić information content (AvgIpc) is 2.21. The number of hydrogen-bond donors (Lipinski definition) is 0. The number of allylic oxidation sites excluding steroid dienone is 2. The highest BCUT2D eigenvalue weighted by Crippen LogP contribution is 2.26. The van der Waals surface area contributed by atoms with E-state index in [4.69, 9.17) is 0 Å². The molecular formula is C11H14ClN. The summed E-state index contributed by atoms with van der Waals surface area (Å²) in [4.78, 5) is 3.05. The zero-order valence-electron chi connectivity index (χ0n) is 7.54. The Morgan fingerprint density at radius 3 is 2.62 bits per heavy atom. The second-order valence-corrected chi connectivity index (χ2v) is 3.30. The van der Waals surface area contributed by atoms with Gasteiger partial charge in [-0.2, -0.15) is 0 Å². The molecule has 0 saturated carbocycles. The topological polar surface area (TPSA) is 14.1 Å². The van der Waals surface area contributed by atoms with E-state index in [0.29, 0.717) is 5.92 Å². The molecular weight excluding hydrogens is 182 g/mol. The van der Waals surface area contributed by atoms with Gasteiger partial charge in [-0.05, 0) is 24.8 Å². The van der Waals surface area contributed by atoms with Crippen LogP contribution in [0.4, 0.5) is 0 Å². The Morgan fingerprint density at radius 1 is 1.23 bits per heavy atom. The molecule has 2 rings (SSSR count). The molecule has 0 fully saturated rings. The molecule has 1 heterocycles. The molecule has 0 amide bonds. The van der Waals surface area contributed by atoms with Gasteiger partial charge in [0.1, 0.15) is 0 Å². The number of aromatic nitrogens is 1. The van der Waals surface area contributed by atoms with Gasteiger partial charge < -0.3 is 12.4 Å². The Kier molecular flexibility index (Phi) is 3.97. The van der Waals surface area contributed by atoms with Gasteiger partial charge in [0, 0.05) is 18.1 Å². The summed E-state index contributed by atoms with van der Waals surface area (Å²) in [5, 5.41) is 0. The minimum Gasteiger partial charge on any atom is -1.00 e. The van der Waals surface area contributed by atoms with Gasteiger partial charge in [-0.1, -0.05) is 12.2 Å². The van der Waals surface area contributed by atoms with Crippen molar-refractivity contribution in [3.8, 4) is 0 Å². The molecule has 0 radical (unpaired) electrons. The number of rotatable bonds is 1. The first-order valence-electron chi connectivity index (χ1n) is 4.59. The van der Waals surface area contributed by atoms with Gasteiger partial charge in [0.25, 0.3) is 0 Å². The standard InChI is InChI=1S/C11H13N.ClH/c1-2-4-10(5-3-1)11-6-8-12-9-7-11;/h2,4,6-10H,1,3,5H2;1H. The smallest absolute Gasteiger partial charge is 0.167 e. The monoisotopic (exact) mass is 195 g/mol. The number of aromatic amines is 1. The first-order chi connectivity index (χ1) is 5.97. The number of pyridine rings is 1. The van der Waals surface area contributed by atoms with E-state index in [-0.39, 0.29) is 12.4 Å². The summed E-state index contributed by atoms with van der Waals surface area (Å²) < 4.78 is 0. The Bertz CT molecular complexity index is 269. The van der Waals surface area contributed by atoms with Gasteiger partial charge in [-0.15, -0.1) is 0 Å². The highest BCUT2D eigenvalue weighted by molar-refractivity contribution is 5.20. The van der Waals surface area contributed by atoms with E-state index in [1.165, 1.54) is 24.8 Å². The van der Waals surface area contributed by atoms with E-state index in [0.717, 1.165) is 0 Å². The number of halogens is 1. The van der Waals surface area contributed by atoms with Crippen LogP contribution >= 0.6 is 0 Å². The van der Waals surface area contributed by atoms with Crippen LogP contribution in [0.15, 0.2) is 36.7 Å². The first kappa shape index (κ1) is 10.3. The molecule has 0 bridgehead atoms. The zero-order chi connectivity index (χ0) is 8.23. The molecule has 1 N–H and O–H groups in total. The third-order valence-electron chi connectivity index (χ3n) is 2.43. The lowest BCUT2D eigenvalue weighted by atomic mass is 9.90. The normalized spacial score (nSPS) is 20.8. The van der Waals surface area contributed by atoms with E-state index in [1.54, 1.807) is 0 Å². The van der Waals surface area contributed by atoms with Crippen molar-refractivity contribution in [1.82, 2.24) is 0 Å². The van der Waals surface area contributed by atoms with Crippen molar-refractivity contribution in [3.05, 3.63) is 42.2 Å². The summed E-state index contributed by atoms with van der Waals surface area (Å²) in [7, 11) is 0. The molecule has 1 aromatic rings. The molecule has 1 atom stereocenters. The van der Waals surface area contributed by atoms with Gasteiger partial charge in [0.05, 0.1) is 0 Å². The lowest BCUT2D eigenvalue weighted by Crippen LogP contribution is -3.00. The lowest BCUT2D eigenvalue weighted by Gasteiger charge is -2.15. The number of hydrogen-bond acceptors (Lipinski definition) is 0. The van der Waals surface area contributed by atoms with E-state index < -0.39 is 0 Å². The van der Waals surface area contributed by atoms with Gasteiger partial charge in [0.15, 0.2) is 12.4 Å². The summed E-state index contributed by atoms with van der Waals surface area (Å²) >= 11 is 0. The fraction of sp³-hybridized carbons (Fsp3) is 0.364. The van der Waals surface area contributed by atoms with Crippen molar-refractivity contribution in [2.75, 3.05) is 0 Å². The molecule has 0 aromatic carbocycles. The third kappa shape index (κ3) is 2.56. The molecule has 1 aliphatic carbocycles. The summed E-state index contributed by atoms with van der Waals surface area (Å²) in [6, 6.07) is 4.33. The van der Waals surface area contributed by atoms with Crippen LogP contribution in [0.3, 0.4) is 0 Å². The van der Waals surface area contributed by atoms with Crippen molar-refractivity contribution in [2.24, 2.45) is 0 Å². The van der Waals surface area contributed by atoms with Crippen molar-refractivity contribution in [3.63, 3.8) is 0 Å². The number of H-pyrrole nitrogens is 1. The molecule has 0 aliphatic heterocycles. The molecule has 1 unspecified atom stereocenters. The van der Waals surface area contributed by atoms with Crippen molar-refractivity contribution < 1.29 is 17.4 Å². The summed E-state index contributed by atoms with van der Waals surface area (Å²) in [5.41, 5.74) is 1.43. The van der Waals surface area contributed by atoms with Crippen LogP contribution in [0.25, 0.3) is 0 Å². The SMILES string of the molecule is C1=CC(c2cc[nH+]cc2)CCC1.[Cl-]. The maximum atomic E-state index is 3.05. The maximum Gasteiger partial charge on any atom is 0.167 e. The Balaban J connectivity index is 0.000000845. The van der Waals surface area contributed by atoms with Crippen molar-refractivity contribution in [1.29, 1.82) is 0 Å². The lowest BCUT2D eigenvalue weighted by molar-refractivity contribution is -0.378. The third-order valence-corrected chi connectivity index (χ3v) is 2.43. The van der Waals surface area contributed by atoms with E-state index in [2.05, 4.69) is 29.3 Å². The predicted molar refractivity (Wildman–Crippen MR) is 48.7 cm³/mol.